The average molecular weight is 452 g/mol. The Bertz CT molecular complexity index is 1360. The van der Waals surface area contributed by atoms with Crippen LogP contribution in [0, 0.1) is 6.92 Å². The van der Waals surface area contributed by atoms with Crippen LogP contribution in [0.3, 0.4) is 0 Å². The molecular weight excluding hydrogens is 430 g/mol. The normalized spacial score (nSPS) is 11.1. The summed E-state index contributed by atoms with van der Waals surface area (Å²) in [6.45, 7) is 4.17. The topological polar surface area (TPSA) is 78.6 Å². The van der Waals surface area contributed by atoms with E-state index in [1.807, 2.05) is 49.4 Å². The zero-order valence-corrected chi connectivity index (χ0v) is 18.6. The highest BCUT2D eigenvalue weighted by Gasteiger charge is 2.14. The average Bonchev–Trinajstić information content (AvgIpc) is 2.77. The molecule has 0 atom stereocenters. The first kappa shape index (κ1) is 21.8. The number of aromatic nitrogens is 1. The summed E-state index contributed by atoms with van der Waals surface area (Å²) in [7, 11) is 0. The molecule has 0 fully saturated rings. The van der Waals surface area contributed by atoms with Crippen LogP contribution in [0.15, 0.2) is 57.7 Å². The van der Waals surface area contributed by atoms with E-state index in [0.717, 1.165) is 27.5 Å². The highest BCUT2D eigenvalue weighted by molar-refractivity contribution is 6.31. The maximum atomic E-state index is 12.5. The number of pyridine rings is 1. The highest BCUT2D eigenvalue weighted by Crippen LogP contribution is 2.25. The van der Waals surface area contributed by atoms with Gasteiger partial charge in [0.05, 0.1) is 17.8 Å². The van der Waals surface area contributed by atoms with Gasteiger partial charge in [-0.25, -0.2) is 9.78 Å². The molecule has 0 saturated heterocycles. The van der Waals surface area contributed by atoms with E-state index in [2.05, 4.69) is 4.98 Å². The summed E-state index contributed by atoms with van der Waals surface area (Å²) < 4.78 is 16.3. The second-order valence-electron chi connectivity index (χ2n) is 7.38. The fourth-order valence-electron chi connectivity index (χ4n) is 3.58. The lowest BCUT2D eigenvalue weighted by Gasteiger charge is -2.10. The Morgan fingerprint density at radius 1 is 1.12 bits per heavy atom. The van der Waals surface area contributed by atoms with Crippen LogP contribution in [0.5, 0.6) is 5.75 Å². The summed E-state index contributed by atoms with van der Waals surface area (Å²) in [6.07, 6.45) is 0.412. The summed E-state index contributed by atoms with van der Waals surface area (Å²) in [5, 5.41) is 2.43. The second kappa shape index (κ2) is 9.40. The molecule has 2 aromatic carbocycles. The Labute approximate surface area is 189 Å². The van der Waals surface area contributed by atoms with E-state index >= 15 is 0 Å². The third-order valence-corrected chi connectivity index (χ3v) is 5.48. The first-order valence-corrected chi connectivity index (χ1v) is 10.7. The molecule has 2 aromatic heterocycles. The third kappa shape index (κ3) is 4.75. The number of fused-ring (bicyclic) bond motifs is 2. The maximum absolute atomic E-state index is 12.5. The quantitative estimate of drug-likeness (QED) is 0.277. The van der Waals surface area contributed by atoms with Crippen LogP contribution in [-0.2, 0) is 22.6 Å². The molecule has 4 aromatic rings. The van der Waals surface area contributed by atoms with E-state index in [4.69, 9.17) is 25.5 Å². The van der Waals surface area contributed by atoms with Crippen molar-refractivity contribution >= 4 is 39.4 Å². The number of esters is 1. The number of nitrogens with zero attached hydrogens (tertiary/aromatic N) is 1. The highest BCUT2D eigenvalue weighted by atomic mass is 35.5. The lowest BCUT2D eigenvalue weighted by molar-refractivity contribution is -0.143. The summed E-state index contributed by atoms with van der Waals surface area (Å²) >= 11 is 6.06. The van der Waals surface area contributed by atoms with Crippen molar-refractivity contribution < 1.29 is 18.7 Å². The van der Waals surface area contributed by atoms with Crippen molar-refractivity contribution in [2.75, 3.05) is 6.61 Å². The first-order chi connectivity index (χ1) is 15.4. The predicted molar refractivity (Wildman–Crippen MR) is 123 cm³/mol. The summed E-state index contributed by atoms with van der Waals surface area (Å²) in [6, 6.07) is 14.8. The maximum Gasteiger partial charge on any atom is 0.339 e. The molecule has 0 amide bonds. The monoisotopic (exact) mass is 451 g/mol. The Morgan fingerprint density at radius 2 is 1.94 bits per heavy atom. The van der Waals surface area contributed by atoms with Crippen LogP contribution in [0.1, 0.15) is 30.2 Å². The number of carbonyl (C=O) groups excluding carboxylic acids is 1. The van der Waals surface area contributed by atoms with Gasteiger partial charge in [-0.2, -0.15) is 0 Å². The number of halogens is 1. The molecule has 0 spiro atoms. The number of aryl methyl sites for hydroxylation is 1. The van der Waals surface area contributed by atoms with Crippen LogP contribution in [0.4, 0.5) is 0 Å². The number of ether oxygens (including phenoxy) is 2. The molecule has 32 heavy (non-hydrogen) atoms. The second-order valence-corrected chi connectivity index (χ2v) is 7.82. The minimum Gasteiger partial charge on any atom is -0.487 e. The molecule has 4 rings (SSSR count). The molecule has 2 heterocycles. The van der Waals surface area contributed by atoms with Crippen molar-refractivity contribution in [3.05, 3.63) is 80.8 Å². The fraction of sp³-hybridized carbons (Fsp3) is 0.240. The molecule has 0 aliphatic rings. The van der Waals surface area contributed by atoms with E-state index in [0.29, 0.717) is 28.5 Å². The van der Waals surface area contributed by atoms with Gasteiger partial charge in [-0.3, -0.25) is 4.79 Å². The van der Waals surface area contributed by atoms with Gasteiger partial charge < -0.3 is 13.9 Å². The van der Waals surface area contributed by atoms with Gasteiger partial charge in [0.15, 0.2) is 0 Å². The summed E-state index contributed by atoms with van der Waals surface area (Å²) in [4.78, 5) is 28.7. The van der Waals surface area contributed by atoms with E-state index in [1.54, 1.807) is 13.0 Å². The molecule has 0 bridgehead atoms. The first-order valence-electron chi connectivity index (χ1n) is 10.3. The zero-order valence-electron chi connectivity index (χ0n) is 17.8. The number of hydrogen-bond acceptors (Lipinski definition) is 6. The molecular formula is C25H22ClNO5. The Balaban J connectivity index is 1.53. The fourth-order valence-corrected chi connectivity index (χ4v) is 3.75. The van der Waals surface area contributed by atoms with E-state index < -0.39 is 5.63 Å². The smallest absolute Gasteiger partial charge is 0.339 e. The molecule has 164 valence electrons. The van der Waals surface area contributed by atoms with Crippen molar-refractivity contribution in [1.82, 2.24) is 4.98 Å². The number of hydrogen-bond donors (Lipinski definition) is 0. The molecule has 0 N–H and O–H groups in total. The Kier molecular flexibility index (Phi) is 6.42. The molecule has 6 nitrogen and oxygen atoms in total. The van der Waals surface area contributed by atoms with Crippen LogP contribution >= 0.6 is 11.6 Å². The minimum atomic E-state index is -0.454. The van der Waals surface area contributed by atoms with Crippen LogP contribution in [0.2, 0.25) is 5.02 Å². The molecule has 7 heteroatoms. The standard InChI is InChI=1S/C25H22ClNO5/c1-3-30-24(28)11-10-21-15(2)20-9-8-19(13-23(20)32-25(21)29)31-14-18-7-5-16-4-6-17(26)12-22(16)27-18/h4-9,12-13H,3,10-11,14H2,1-2H3. The van der Waals surface area contributed by atoms with Crippen molar-refractivity contribution in [3.63, 3.8) is 0 Å². The zero-order chi connectivity index (χ0) is 22.7. The van der Waals surface area contributed by atoms with Gasteiger partial charge in [-0.1, -0.05) is 23.7 Å². The van der Waals surface area contributed by atoms with Gasteiger partial charge in [-0.15, -0.1) is 0 Å². The predicted octanol–water partition coefficient (Wildman–Crippen LogP) is 5.38. The lowest BCUT2D eigenvalue weighted by Crippen LogP contribution is -2.13. The van der Waals surface area contributed by atoms with Crippen molar-refractivity contribution in [2.45, 2.75) is 33.3 Å². The van der Waals surface area contributed by atoms with Gasteiger partial charge in [0.25, 0.3) is 0 Å². The van der Waals surface area contributed by atoms with Crippen molar-refractivity contribution in [2.24, 2.45) is 0 Å². The summed E-state index contributed by atoms with van der Waals surface area (Å²) in [5.41, 5.74) is 2.81. The van der Waals surface area contributed by atoms with Gasteiger partial charge in [0.1, 0.15) is 17.9 Å². The van der Waals surface area contributed by atoms with Crippen molar-refractivity contribution in [3.8, 4) is 5.75 Å². The van der Waals surface area contributed by atoms with Crippen molar-refractivity contribution in [1.29, 1.82) is 0 Å². The van der Waals surface area contributed by atoms with E-state index in [9.17, 15) is 9.59 Å². The molecule has 0 unspecified atom stereocenters. The number of carbonyl (C=O) groups is 1. The van der Waals surface area contributed by atoms with Gasteiger partial charge in [-0.05, 0) is 56.2 Å². The van der Waals surface area contributed by atoms with Crippen LogP contribution in [0.25, 0.3) is 21.9 Å². The third-order valence-electron chi connectivity index (χ3n) is 5.24. The van der Waals surface area contributed by atoms with Gasteiger partial charge in [0, 0.05) is 33.8 Å². The largest absolute Gasteiger partial charge is 0.487 e. The van der Waals surface area contributed by atoms with Gasteiger partial charge in [0.2, 0.25) is 0 Å². The summed E-state index contributed by atoms with van der Waals surface area (Å²) in [5.74, 6) is 0.229. The molecule has 0 radical (unpaired) electrons. The molecule has 0 aliphatic carbocycles. The minimum absolute atomic E-state index is 0.135. The van der Waals surface area contributed by atoms with E-state index in [1.165, 1.54) is 0 Å². The Hall–Kier alpha value is -3.38. The lowest BCUT2D eigenvalue weighted by atomic mass is 10.0. The SMILES string of the molecule is CCOC(=O)CCc1c(C)c2ccc(OCc3ccc4ccc(Cl)cc4n3)cc2oc1=O. The van der Waals surface area contributed by atoms with Crippen LogP contribution < -0.4 is 10.4 Å². The number of rotatable bonds is 7. The number of benzene rings is 2. The Morgan fingerprint density at radius 3 is 2.75 bits per heavy atom. The van der Waals surface area contributed by atoms with E-state index in [-0.39, 0.29) is 25.4 Å². The molecule has 0 aliphatic heterocycles. The van der Waals surface area contributed by atoms with Gasteiger partial charge >= 0.3 is 11.6 Å². The van der Waals surface area contributed by atoms with Crippen LogP contribution in [-0.4, -0.2) is 17.6 Å². The molecule has 0 saturated carbocycles.